The average Bonchev–Trinajstić information content (AvgIpc) is 2.39. The predicted molar refractivity (Wildman–Crippen MR) is 74.5 cm³/mol. The lowest BCUT2D eigenvalue weighted by Crippen LogP contribution is -2.32. The maximum absolute atomic E-state index is 8.76. The Morgan fingerprint density at radius 2 is 2.06 bits per heavy atom. The van der Waals surface area contributed by atoms with Gasteiger partial charge in [0, 0.05) is 24.2 Å². The topological polar surface area (TPSA) is 39.9 Å². The lowest BCUT2D eigenvalue weighted by atomic mass is 10.1. The van der Waals surface area contributed by atoms with Crippen molar-refractivity contribution in [3.8, 4) is 6.07 Å². The molecule has 0 unspecified atom stereocenters. The van der Waals surface area contributed by atoms with Gasteiger partial charge in [0.1, 0.15) is 5.82 Å². The van der Waals surface area contributed by atoms with Gasteiger partial charge in [-0.1, -0.05) is 24.3 Å². The molecule has 0 spiro atoms. The zero-order valence-electron chi connectivity index (χ0n) is 10.8. The largest absolute Gasteiger partial charge is 0.353 e. The van der Waals surface area contributed by atoms with Gasteiger partial charge in [-0.15, -0.1) is 0 Å². The van der Waals surface area contributed by atoms with Crippen molar-refractivity contribution in [2.75, 3.05) is 11.4 Å². The van der Waals surface area contributed by atoms with Gasteiger partial charge in [0.15, 0.2) is 0 Å². The van der Waals surface area contributed by atoms with Crippen LogP contribution in [0, 0.1) is 11.3 Å². The Morgan fingerprint density at radius 1 is 1.28 bits per heavy atom. The highest BCUT2D eigenvalue weighted by Crippen LogP contribution is 2.25. The third-order valence-corrected chi connectivity index (χ3v) is 3.01. The van der Waals surface area contributed by atoms with Crippen LogP contribution in [0.15, 0.2) is 36.5 Å². The van der Waals surface area contributed by atoms with Gasteiger partial charge in [-0.3, -0.25) is 0 Å². The van der Waals surface area contributed by atoms with Crippen molar-refractivity contribution in [3.63, 3.8) is 0 Å². The first kappa shape index (κ1) is 12.4. The molecule has 0 saturated carbocycles. The number of anilines is 1. The Labute approximate surface area is 108 Å². The van der Waals surface area contributed by atoms with E-state index in [9.17, 15) is 0 Å². The van der Waals surface area contributed by atoms with E-state index in [0.717, 1.165) is 17.7 Å². The normalized spacial score (nSPS) is 10.6. The molecule has 1 aromatic heterocycles. The van der Waals surface area contributed by atoms with Gasteiger partial charge in [-0.2, -0.15) is 5.26 Å². The number of hydrogen-bond acceptors (Lipinski definition) is 3. The summed E-state index contributed by atoms with van der Waals surface area (Å²) in [4.78, 5) is 6.68. The maximum atomic E-state index is 8.76. The molecule has 0 atom stereocenters. The van der Waals surface area contributed by atoms with Crippen molar-refractivity contribution in [1.82, 2.24) is 4.98 Å². The molecule has 0 fully saturated rings. The van der Waals surface area contributed by atoms with Gasteiger partial charge in [0.2, 0.25) is 0 Å². The summed E-state index contributed by atoms with van der Waals surface area (Å²) < 4.78 is 0. The Morgan fingerprint density at radius 3 is 2.78 bits per heavy atom. The summed E-state index contributed by atoms with van der Waals surface area (Å²) >= 11 is 0. The van der Waals surface area contributed by atoms with E-state index in [1.807, 2.05) is 24.4 Å². The van der Waals surface area contributed by atoms with Gasteiger partial charge in [0.05, 0.1) is 12.5 Å². The number of aromatic nitrogens is 1. The quantitative estimate of drug-likeness (QED) is 0.821. The molecule has 0 aliphatic carbocycles. The summed E-state index contributed by atoms with van der Waals surface area (Å²) in [5.41, 5.74) is 0. The summed E-state index contributed by atoms with van der Waals surface area (Å²) in [7, 11) is 0. The van der Waals surface area contributed by atoms with Gasteiger partial charge in [0.25, 0.3) is 0 Å². The van der Waals surface area contributed by atoms with Crippen LogP contribution in [0.2, 0.25) is 0 Å². The molecule has 0 aliphatic heterocycles. The second-order valence-corrected chi connectivity index (χ2v) is 4.55. The van der Waals surface area contributed by atoms with Crippen molar-refractivity contribution < 1.29 is 0 Å². The molecule has 0 bridgehead atoms. The van der Waals surface area contributed by atoms with Gasteiger partial charge < -0.3 is 4.90 Å². The van der Waals surface area contributed by atoms with Gasteiger partial charge >= 0.3 is 0 Å². The van der Waals surface area contributed by atoms with E-state index in [2.05, 4.69) is 41.9 Å². The number of hydrogen-bond donors (Lipinski definition) is 0. The molecule has 1 aromatic carbocycles. The number of benzene rings is 1. The highest BCUT2D eigenvalue weighted by molar-refractivity contribution is 5.92. The minimum atomic E-state index is 0.330. The lowest BCUT2D eigenvalue weighted by molar-refractivity contribution is 0.680. The van der Waals surface area contributed by atoms with Crippen LogP contribution < -0.4 is 4.90 Å². The number of nitriles is 1. The molecule has 92 valence electrons. The summed E-state index contributed by atoms with van der Waals surface area (Å²) in [6, 6.07) is 12.8. The zero-order chi connectivity index (χ0) is 13.0. The monoisotopic (exact) mass is 239 g/mol. The first-order valence-electron chi connectivity index (χ1n) is 6.21. The van der Waals surface area contributed by atoms with E-state index >= 15 is 0 Å². The Hall–Kier alpha value is -2.08. The van der Waals surface area contributed by atoms with Crippen LogP contribution in [0.4, 0.5) is 5.82 Å². The second kappa shape index (κ2) is 5.50. The minimum absolute atomic E-state index is 0.330. The number of nitrogens with zero attached hydrogens (tertiary/aromatic N) is 3. The molecule has 2 aromatic rings. The molecule has 0 saturated heterocycles. The Kier molecular flexibility index (Phi) is 3.78. The molecule has 0 amide bonds. The van der Waals surface area contributed by atoms with E-state index < -0.39 is 0 Å². The van der Waals surface area contributed by atoms with Crippen molar-refractivity contribution in [2.24, 2.45) is 0 Å². The van der Waals surface area contributed by atoms with Gasteiger partial charge in [-0.05, 0) is 25.3 Å². The van der Waals surface area contributed by atoms with E-state index in [1.54, 1.807) is 0 Å². The highest BCUT2D eigenvalue weighted by atomic mass is 15.2. The van der Waals surface area contributed by atoms with Crippen LogP contribution in [0.3, 0.4) is 0 Å². The van der Waals surface area contributed by atoms with E-state index in [4.69, 9.17) is 5.26 Å². The maximum Gasteiger partial charge on any atom is 0.136 e. The average molecular weight is 239 g/mol. The van der Waals surface area contributed by atoms with Crippen LogP contribution in [0.25, 0.3) is 10.8 Å². The Balaban J connectivity index is 2.47. The molecule has 18 heavy (non-hydrogen) atoms. The summed E-state index contributed by atoms with van der Waals surface area (Å²) in [6.45, 7) is 4.97. The molecule has 0 radical (unpaired) electrons. The van der Waals surface area contributed by atoms with Gasteiger partial charge in [-0.25, -0.2) is 4.98 Å². The summed E-state index contributed by atoms with van der Waals surface area (Å²) in [6.07, 6.45) is 2.35. The first-order chi connectivity index (χ1) is 8.74. The van der Waals surface area contributed by atoms with E-state index in [0.29, 0.717) is 12.5 Å². The Bertz CT molecular complexity index is 564. The van der Waals surface area contributed by atoms with Crippen molar-refractivity contribution >= 4 is 16.6 Å². The molecule has 1 heterocycles. The van der Waals surface area contributed by atoms with Crippen LogP contribution in [0.1, 0.15) is 20.3 Å². The predicted octanol–water partition coefficient (Wildman–Crippen LogP) is 3.36. The molecule has 0 aliphatic rings. The molecular formula is C15H17N3. The highest BCUT2D eigenvalue weighted by Gasteiger charge is 2.14. The van der Waals surface area contributed by atoms with Crippen molar-refractivity contribution in [3.05, 3.63) is 36.5 Å². The first-order valence-corrected chi connectivity index (χ1v) is 6.21. The number of fused-ring (bicyclic) bond motifs is 1. The van der Waals surface area contributed by atoms with Crippen LogP contribution >= 0.6 is 0 Å². The van der Waals surface area contributed by atoms with E-state index in [-0.39, 0.29) is 0 Å². The van der Waals surface area contributed by atoms with Crippen LogP contribution in [-0.2, 0) is 0 Å². The zero-order valence-corrected chi connectivity index (χ0v) is 10.8. The summed E-state index contributed by atoms with van der Waals surface area (Å²) in [5.74, 6) is 0.971. The van der Waals surface area contributed by atoms with E-state index in [1.165, 1.54) is 5.39 Å². The number of rotatable bonds is 4. The third-order valence-electron chi connectivity index (χ3n) is 3.01. The molecule has 3 heteroatoms. The van der Waals surface area contributed by atoms with Crippen molar-refractivity contribution in [2.45, 2.75) is 26.3 Å². The van der Waals surface area contributed by atoms with Crippen molar-refractivity contribution in [1.29, 1.82) is 5.26 Å². The molecule has 3 nitrogen and oxygen atoms in total. The molecule has 2 rings (SSSR count). The summed E-state index contributed by atoms with van der Waals surface area (Å²) in [5, 5.41) is 11.1. The number of pyridine rings is 1. The standard InChI is InChI=1S/C15H17N3/c1-12(2)18(11-5-9-16)15-14-7-4-3-6-13(14)8-10-17-15/h3-4,6-8,10,12H,5,11H2,1-2H3. The third kappa shape index (κ3) is 2.43. The lowest BCUT2D eigenvalue weighted by Gasteiger charge is -2.28. The fourth-order valence-electron chi connectivity index (χ4n) is 2.11. The second-order valence-electron chi connectivity index (χ2n) is 4.55. The fourth-order valence-corrected chi connectivity index (χ4v) is 2.11. The fraction of sp³-hybridized carbons (Fsp3) is 0.333. The minimum Gasteiger partial charge on any atom is -0.353 e. The molecule has 0 N–H and O–H groups in total. The van der Waals surface area contributed by atoms with Crippen LogP contribution in [0.5, 0.6) is 0 Å². The smallest absolute Gasteiger partial charge is 0.136 e. The SMILES string of the molecule is CC(C)N(CCC#N)c1nccc2ccccc12. The molecular weight excluding hydrogens is 222 g/mol. The van der Waals surface area contributed by atoms with Crippen LogP contribution in [-0.4, -0.2) is 17.6 Å².